The van der Waals surface area contributed by atoms with E-state index in [-0.39, 0.29) is 0 Å². The summed E-state index contributed by atoms with van der Waals surface area (Å²) in [5, 5.41) is 12.2. The first kappa shape index (κ1) is 12.7. The average Bonchev–Trinajstić information content (AvgIpc) is 2.43. The molecule has 0 fully saturated rings. The number of nitriles is 1. The van der Waals surface area contributed by atoms with Crippen molar-refractivity contribution in [3.8, 4) is 11.8 Å². The molecule has 0 spiro atoms. The maximum absolute atomic E-state index is 9.13. The molecule has 96 valence electrons. The molecule has 0 bridgehead atoms. The van der Waals surface area contributed by atoms with Crippen LogP contribution in [0.25, 0.3) is 0 Å². The second-order valence-corrected chi connectivity index (χ2v) is 3.99. The minimum Gasteiger partial charge on any atom is -0.495 e. The van der Waals surface area contributed by atoms with Gasteiger partial charge in [-0.25, -0.2) is 4.98 Å². The lowest BCUT2D eigenvalue weighted by Gasteiger charge is -2.12. The number of ether oxygens (including phenoxy) is 1. The normalized spacial score (nSPS) is 9.74. The Morgan fingerprint density at radius 1 is 1.32 bits per heavy atom. The number of anilines is 3. The van der Waals surface area contributed by atoms with Crippen LogP contribution in [0.5, 0.6) is 5.75 Å². The van der Waals surface area contributed by atoms with Gasteiger partial charge in [-0.15, -0.1) is 0 Å². The van der Waals surface area contributed by atoms with E-state index in [2.05, 4.69) is 16.4 Å². The number of nitrogens with one attached hydrogen (secondary N) is 1. The van der Waals surface area contributed by atoms with Gasteiger partial charge in [0.25, 0.3) is 0 Å². The summed E-state index contributed by atoms with van der Waals surface area (Å²) in [5.74, 6) is 1.21. The lowest BCUT2D eigenvalue weighted by Crippen LogP contribution is -2.01. The molecule has 5 nitrogen and oxygen atoms in total. The summed E-state index contributed by atoms with van der Waals surface area (Å²) in [6.07, 6.45) is 0. The molecule has 1 aromatic heterocycles. The maximum atomic E-state index is 9.13. The van der Waals surface area contributed by atoms with E-state index in [1.165, 1.54) is 0 Å². The van der Waals surface area contributed by atoms with E-state index in [9.17, 15) is 0 Å². The summed E-state index contributed by atoms with van der Waals surface area (Å²) >= 11 is 0. The summed E-state index contributed by atoms with van der Waals surface area (Å²) in [4.78, 5) is 4.32. The zero-order valence-electron chi connectivity index (χ0n) is 10.8. The molecule has 2 aromatic rings. The first-order chi connectivity index (χ1) is 9.15. The molecule has 5 heteroatoms. The number of hydrogen-bond acceptors (Lipinski definition) is 5. The maximum Gasteiger partial charge on any atom is 0.143 e. The third-order valence-corrected chi connectivity index (χ3v) is 2.75. The van der Waals surface area contributed by atoms with Gasteiger partial charge in [0.05, 0.1) is 24.1 Å². The highest BCUT2D eigenvalue weighted by atomic mass is 16.5. The molecular weight excluding hydrogens is 240 g/mol. The van der Waals surface area contributed by atoms with Gasteiger partial charge in [0.15, 0.2) is 0 Å². The summed E-state index contributed by atoms with van der Waals surface area (Å²) in [6, 6.07) is 10.9. The summed E-state index contributed by atoms with van der Waals surface area (Å²) in [7, 11) is 1.56. The van der Waals surface area contributed by atoms with E-state index in [0.29, 0.717) is 28.5 Å². The highest BCUT2D eigenvalue weighted by Crippen LogP contribution is 2.30. The van der Waals surface area contributed by atoms with Crippen molar-refractivity contribution in [3.05, 3.63) is 41.6 Å². The fourth-order valence-corrected chi connectivity index (χ4v) is 1.69. The number of nitrogens with zero attached hydrogens (tertiary/aromatic N) is 2. The van der Waals surface area contributed by atoms with Crippen molar-refractivity contribution in [2.45, 2.75) is 6.92 Å². The van der Waals surface area contributed by atoms with Crippen molar-refractivity contribution >= 4 is 17.2 Å². The molecule has 1 aromatic carbocycles. The Bertz CT molecular complexity index is 646. The zero-order valence-corrected chi connectivity index (χ0v) is 10.8. The number of methoxy groups -OCH3 is 1. The monoisotopic (exact) mass is 254 g/mol. The largest absolute Gasteiger partial charge is 0.495 e. The fraction of sp³-hybridized carbons (Fsp3) is 0.143. The van der Waals surface area contributed by atoms with E-state index in [4.69, 9.17) is 15.7 Å². The predicted molar refractivity (Wildman–Crippen MR) is 74.4 cm³/mol. The second kappa shape index (κ2) is 5.27. The molecule has 0 amide bonds. The lowest BCUT2D eigenvalue weighted by atomic mass is 10.1. The average molecular weight is 254 g/mol. The minimum absolute atomic E-state index is 0.496. The van der Waals surface area contributed by atoms with Crippen molar-refractivity contribution in [2.75, 3.05) is 18.2 Å². The van der Waals surface area contributed by atoms with Gasteiger partial charge < -0.3 is 15.8 Å². The minimum atomic E-state index is 0.496. The summed E-state index contributed by atoms with van der Waals surface area (Å²) < 4.78 is 5.25. The number of nitrogen functional groups attached to an aromatic ring is 1. The fourth-order valence-electron chi connectivity index (χ4n) is 1.69. The van der Waals surface area contributed by atoms with Gasteiger partial charge in [0.1, 0.15) is 23.3 Å². The SMILES string of the molecule is COc1cccc(C#N)c1Nc1ccc(N)c(C)n1. The predicted octanol–water partition coefficient (Wildman–Crippen LogP) is 2.60. The smallest absolute Gasteiger partial charge is 0.143 e. The molecule has 0 aliphatic heterocycles. The highest BCUT2D eigenvalue weighted by Gasteiger charge is 2.10. The molecule has 1 heterocycles. The zero-order chi connectivity index (χ0) is 13.8. The van der Waals surface area contributed by atoms with E-state index < -0.39 is 0 Å². The number of rotatable bonds is 3. The van der Waals surface area contributed by atoms with Crippen molar-refractivity contribution in [3.63, 3.8) is 0 Å². The molecule has 0 unspecified atom stereocenters. The molecule has 0 atom stereocenters. The lowest BCUT2D eigenvalue weighted by molar-refractivity contribution is 0.416. The molecule has 0 saturated heterocycles. The summed E-state index contributed by atoms with van der Waals surface area (Å²) in [5.41, 5.74) is 8.19. The van der Waals surface area contributed by atoms with Gasteiger partial charge in [-0.1, -0.05) is 6.07 Å². The Labute approximate surface area is 111 Å². The van der Waals surface area contributed by atoms with E-state index >= 15 is 0 Å². The molecule has 0 aliphatic carbocycles. The van der Waals surface area contributed by atoms with Crippen LogP contribution >= 0.6 is 0 Å². The molecule has 0 aliphatic rings. The van der Waals surface area contributed by atoms with Gasteiger partial charge in [0, 0.05) is 0 Å². The Morgan fingerprint density at radius 3 is 2.74 bits per heavy atom. The molecule has 0 radical (unpaired) electrons. The first-order valence-electron chi connectivity index (χ1n) is 5.73. The highest BCUT2D eigenvalue weighted by molar-refractivity contribution is 5.72. The molecule has 0 saturated carbocycles. The van der Waals surface area contributed by atoms with E-state index in [1.807, 2.05) is 6.92 Å². The van der Waals surface area contributed by atoms with Crippen LogP contribution in [-0.2, 0) is 0 Å². The molecule has 3 N–H and O–H groups in total. The van der Waals surface area contributed by atoms with Gasteiger partial charge in [-0.2, -0.15) is 5.26 Å². The van der Waals surface area contributed by atoms with Gasteiger partial charge in [0.2, 0.25) is 0 Å². The van der Waals surface area contributed by atoms with E-state index in [1.54, 1.807) is 37.4 Å². The number of pyridine rings is 1. The van der Waals surface area contributed by atoms with Gasteiger partial charge in [-0.3, -0.25) is 0 Å². The Morgan fingerprint density at radius 2 is 2.11 bits per heavy atom. The van der Waals surface area contributed by atoms with Gasteiger partial charge >= 0.3 is 0 Å². The molecule has 2 rings (SSSR count). The van der Waals surface area contributed by atoms with Crippen LogP contribution in [0.4, 0.5) is 17.2 Å². The quantitative estimate of drug-likeness (QED) is 0.879. The Balaban J connectivity index is 2.42. The first-order valence-corrected chi connectivity index (χ1v) is 5.73. The number of aromatic nitrogens is 1. The van der Waals surface area contributed by atoms with Crippen LogP contribution in [0.15, 0.2) is 30.3 Å². The second-order valence-electron chi connectivity index (χ2n) is 3.99. The Hall–Kier alpha value is -2.74. The van der Waals surface area contributed by atoms with Crippen molar-refractivity contribution < 1.29 is 4.74 Å². The number of aryl methyl sites for hydroxylation is 1. The number of hydrogen-bond donors (Lipinski definition) is 2. The van der Waals surface area contributed by atoms with Gasteiger partial charge in [-0.05, 0) is 31.2 Å². The molecule has 19 heavy (non-hydrogen) atoms. The van der Waals surface area contributed by atoms with Crippen LogP contribution in [0.3, 0.4) is 0 Å². The van der Waals surface area contributed by atoms with Crippen LogP contribution in [0.2, 0.25) is 0 Å². The van der Waals surface area contributed by atoms with Crippen molar-refractivity contribution in [1.82, 2.24) is 4.98 Å². The topological polar surface area (TPSA) is 84.0 Å². The van der Waals surface area contributed by atoms with Crippen molar-refractivity contribution in [2.24, 2.45) is 0 Å². The van der Waals surface area contributed by atoms with E-state index in [0.717, 1.165) is 5.69 Å². The third kappa shape index (κ3) is 2.58. The van der Waals surface area contributed by atoms with Crippen molar-refractivity contribution in [1.29, 1.82) is 5.26 Å². The van der Waals surface area contributed by atoms with Crippen LogP contribution < -0.4 is 15.8 Å². The van der Waals surface area contributed by atoms with Crippen LogP contribution in [-0.4, -0.2) is 12.1 Å². The van der Waals surface area contributed by atoms with Crippen LogP contribution in [0, 0.1) is 18.3 Å². The van der Waals surface area contributed by atoms with Crippen LogP contribution in [0.1, 0.15) is 11.3 Å². The molecular formula is C14H14N4O. The Kier molecular flexibility index (Phi) is 3.53. The number of para-hydroxylation sites is 1. The number of benzene rings is 1. The standard InChI is InChI=1S/C14H14N4O/c1-9-11(16)6-7-13(17-9)18-14-10(8-15)4-3-5-12(14)19-2/h3-7H,16H2,1-2H3,(H,17,18). The number of nitrogens with two attached hydrogens (primary N) is 1. The summed E-state index contributed by atoms with van der Waals surface area (Å²) in [6.45, 7) is 1.83. The third-order valence-electron chi connectivity index (χ3n) is 2.75.